The van der Waals surface area contributed by atoms with E-state index in [1.807, 2.05) is 23.1 Å². The van der Waals surface area contributed by atoms with Crippen molar-refractivity contribution >= 4 is 40.3 Å². The van der Waals surface area contributed by atoms with Gasteiger partial charge in [0.15, 0.2) is 0 Å². The number of rotatable bonds is 5. The second-order valence-electron chi connectivity index (χ2n) is 8.03. The van der Waals surface area contributed by atoms with Crippen LogP contribution in [0.2, 0.25) is 5.02 Å². The minimum Gasteiger partial charge on any atom is -0.330 e. The summed E-state index contributed by atoms with van der Waals surface area (Å²) in [5, 5.41) is 0.159. The third-order valence-electron chi connectivity index (χ3n) is 6.47. The number of benzene rings is 1. The monoisotopic (exact) mass is 446 g/mol. The van der Waals surface area contributed by atoms with Crippen LogP contribution in [-0.4, -0.2) is 46.8 Å². The number of hydrogen-bond donors (Lipinski definition) is 1. The van der Waals surface area contributed by atoms with E-state index in [1.165, 1.54) is 11.8 Å². The SMILES string of the molecule is NCC1(c2cccc(Cl)c2)CCC(N2CCN(c3cc(C(=O)Cl)ccn3)C2=O)CC1. The molecule has 2 N–H and O–H groups in total. The first kappa shape index (κ1) is 21.1. The van der Waals surface area contributed by atoms with E-state index in [9.17, 15) is 9.59 Å². The Labute approximate surface area is 185 Å². The standard InChI is InChI=1S/C22H24Cl2N4O2/c23-17-3-1-2-16(13-17)22(14-25)7-4-18(5-8-22)27-10-11-28(21(27)30)19-12-15(20(24)29)6-9-26-19/h1-3,6,9,12-13,18H,4-5,7-8,10-11,14,25H2. The van der Waals surface area contributed by atoms with Crippen molar-refractivity contribution in [3.8, 4) is 0 Å². The number of amides is 2. The maximum absolute atomic E-state index is 13.1. The van der Waals surface area contributed by atoms with Crippen molar-refractivity contribution in [1.82, 2.24) is 9.88 Å². The van der Waals surface area contributed by atoms with Gasteiger partial charge in [-0.1, -0.05) is 23.7 Å². The molecule has 158 valence electrons. The number of hydrogen-bond acceptors (Lipinski definition) is 4. The van der Waals surface area contributed by atoms with Gasteiger partial charge >= 0.3 is 6.03 Å². The lowest BCUT2D eigenvalue weighted by Crippen LogP contribution is -2.47. The van der Waals surface area contributed by atoms with Gasteiger partial charge in [-0.2, -0.15) is 0 Å². The molecule has 2 heterocycles. The molecule has 0 radical (unpaired) electrons. The van der Waals surface area contributed by atoms with Gasteiger partial charge in [0.05, 0.1) is 0 Å². The second kappa shape index (κ2) is 8.53. The topological polar surface area (TPSA) is 79.5 Å². The number of halogens is 2. The number of urea groups is 1. The summed E-state index contributed by atoms with van der Waals surface area (Å²) in [6.07, 6.45) is 5.09. The van der Waals surface area contributed by atoms with Crippen LogP contribution in [0.3, 0.4) is 0 Å². The van der Waals surface area contributed by atoms with Crippen LogP contribution in [0.15, 0.2) is 42.6 Å². The molecule has 0 spiro atoms. The zero-order valence-electron chi connectivity index (χ0n) is 16.6. The summed E-state index contributed by atoms with van der Waals surface area (Å²) in [6, 6.07) is 11.1. The van der Waals surface area contributed by atoms with E-state index in [0.717, 1.165) is 30.7 Å². The van der Waals surface area contributed by atoms with Crippen molar-refractivity contribution < 1.29 is 9.59 Å². The van der Waals surface area contributed by atoms with Gasteiger partial charge in [-0.05, 0) is 67.1 Å². The van der Waals surface area contributed by atoms with Crippen LogP contribution >= 0.6 is 23.2 Å². The summed E-state index contributed by atoms with van der Waals surface area (Å²) >= 11 is 11.8. The number of nitrogens with zero attached hydrogens (tertiary/aromatic N) is 3. The number of nitrogens with two attached hydrogens (primary N) is 1. The number of anilines is 1. The average molecular weight is 447 g/mol. The first-order valence-electron chi connectivity index (χ1n) is 10.1. The summed E-state index contributed by atoms with van der Waals surface area (Å²) in [4.78, 5) is 32.3. The fourth-order valence-electron chi connectivity index (χ4n) is 4.69. The summed E-state index contributed by atoms with van der Waals surface area (Å²) in [5.41, 5.74) is 7.62. The van der Waals surface area contributed by atoms with Crippen LogP contribution < -0.4 is 10.6 Å². The molecule has 0 atom stereocenters. The molecule has 2 aliphatic rings. The molecule has 8 heteroatoms. The maximum Gasteiger partial charge on any atom is 0.326 e. The van der Waals surface area contributed by atoms with Crippen LogP contribution in [0.5, 0.6) is 0 Å². The Morgan fingerprint density at radius 2 is 1.97 bits per heavy atom. The number of carbonyl (C=O) groups excluding carboxylic acids is 2. The lowest BCUT2D eigenvalue weighted by atomic mass is 9.68. The van der Waals surface area contributed by atoms with Crippen molar-refractivity contribution in [3.63, 3.8) is 0 Å². The quantitative estimate of drug-likeness (QED) is 0.697. The Morgan fingerprint density at radius 3 is 2.63 bits per heavy atom. The van der Waals surface area contributed by atoms with Crippen LogP contribution in [0, 0.1) is 0 Å². The Morgan fingerprint density at radius 1 is 1.20 bits per heavy atom. The first-order chi connectivity index (χ1) is 14.4. The van der Waals surface area contributed by atoms with Crippen LogP contribution in [-0.2, 0) is 5.41 Å². The highest BCUT2D eigenvalue weighted by molar-refractivity contribution is 6.67. The molecular formula is C22H24Cl2N4O2. The molecule has 1 aliphatic carbocycles. The zero-order valence-corrected chi connectivity index (χ0v) is 18.1. The van der Waals surface area contributed by atoms with Gasteiger partial charge in [-0.15, -0.1) is 0 Å². The molecule has 6 nitrogen and oxygen atoms in total. The molecular weight excluding hydrogens is 423 g/mol. The molecule has 2 aromatic rings. The summed E-state index contributed by atoms with van der Waals surface area (Å²) in [5.74, 6) is 0.458. The zero-order chi connectivity index (χ0) is 21.3. The molecule has 1 aromatic heterocycles. The highest BCUT2D eigenvalue weighted by Crippen LogP contribution is 2.41. The number of aromatic nitrogens is 1. The van der Waals surface area contributed by atoms with Gasteiger partial charge in [0, 0.05) is 47.9 Å². The fraction of sp³-hybridized carbons (Fsp3) is 0.409. The molecule has 2 amide bonds. The smallest absolute Gasteiger partial charge is 0.326 e. The predicted octanol–water partition coefficient (Wildman–Crippen LogP) is 4.20. The van der Waals surface area contributed by atoms with E-state index in [1.54, 1.807) is 17.0 Å². The van der Waals surface area contributed by atoms with E-state index >= 15 is 0 Å². The average Bonchev–Trinajstić information content (AvgIpc) is 3.15. The third-order valence-corrected chi connectivity index (χ3v) is 6.92. The summed E-state index contributed by atoms with van der Waals surface area (Å²) in [6.45, 7) is 1.74. The fourth-order valence-corrected chi connectivity index (χ4v) is 5.00. The van der Waals surface area contributed by atoms with E-state index in [0.29, 0.717) is 31.0 Å². The highest BCUT2D eigenvalue weighted by atomic mass is 35.5. The van der Waals surface area contributed by atoms with Crippen molar-refractivity contribution in [2.24, 2.45) is 5.73 Å². The molecule has 0 unspecified atom stereocenters. The number of carbonyl (C=O) groups is 2. The van der Waals surface area contributed by atoms with Gasteiger partial charge in [0.25, 0.3) is 5.24 Å². The van der Waals surface area contributed by atoms with Crippen molar-refractivity contribution in [2.45, 2.75) is 37.1 Å². The van der Waals surface area contributed by atoms with Gasteiger partial charge < -0.3 is 10.6 Å². The minimum absolute atomic E-state index is 0.0744. The molecule has 1 saturated carbocycles. The maximum atomic E-state index is 13.1. The van der Waals surface area contributed by atoms with Gasteiger partial charge in [-0.25, -0.2) is 9.78 Å². The minimum atomic E-state index is -0.562. The Bertz CT molecular complexity index is 960. The predicted molar refractivity (Wildman–Crippen MR) is 118 cm³/mol. The molecule has 4 rings (SSSR count). The molecule has 1 aromatic carbocycles. The third kappa shape index (κ3) is 3.92. The Balaban J connectivity index is 1.46. The number of pyridine rings is 1. The first-order valence-corrected chi connectivity index (χ1v) is 10.9. The van der Waals surface area contributed by atoms with Crippen LogP contribution in [0.1, 0.15) is 41.6 Å². The molecule has 1 saturated heterocycles. The summed E-state index contributed by atoms with van der Waals surface area (Å²) in [7, 11) is 0. The van der Waals surface area contributed by atoms with Crippen molar-refractivity contribution in [1.29, 1.82) is 0 Å². The van der Waals surface area contributed by atoms with Crippen molar-refractivity contribution in [3.05, 3.63) is 58.7 Å². The molecule has 0 bridgehead atoms. The van der Waals surface area contributed by atoms with Crippen molar-refractivity contribution in [2.75, 3.05) is 24.5 Å². The molecule has 30 heavy (non-hydrogen) atoms. The van der Waals surface area contributed by atoms with Gasteiger partial charge in [0.2, 0.25) is 0 Å². The second-order valence-corrected chi connectivity index (χ2v) is 8.81. The molecule has 1 aliphatic heterocycles. The van der Waals surface area contributed by atoms with Gasteiger partial charge in [0.1, 0.15) is 5.82 Å². The van der Waals surface area contributed by atoms with E-state index < -0.39 is 5.24 Å². The normalized spacial score (nSPS) is 24.4. The lowest BCUT2D eigenvalue weighted by molar-refractivity contribution is 0.108. The largest absolute Gasteiger partial charge is 0.330 e. The van der Waals surface area contributed by atoms with E-state index in [-0.39, 0.29) is 17.5 Å². The van der Waals surface area contributed by atoms with Crippen LogP contribution in [0.25, 0.3) is 0 Å². The lowest BCUT2D eigenvalue weighted by Gasteiger charge is -2.42. The summed E-state index contributed by atoms with van der Waals surface area (Å²) < 4.78 is 0. The Hall–Kier alpha value is -2.15. The molecule has 2 fully saturated rings. The highest BCUT2D eigenvalue weighted by Gasteiger charge is 2.41. The van der Waals surface area contributed by atoms with Crippen LogP contribution in [0.4, 0.5) is 10.6 Å². The van der Waals surface area contributed by atoms with E-state index in [4.69, 9.17) is 28.9 Å². The van der Waals surface area contributed by atoms with E-state index in [2.05, 4.69) is 11.1 Å². The van der Waals surface area contributed by atoms with Gasteiger partial charge in [-0.3, -0.25) is 9.69 Å². The Kier molecular flexibility index (Phi) is 6.00.